The van der Waals surface area contributed by atoms with Crippen LogP contribution in [-0.2, 0) is 0 Å². The van der Waals surface area contributed by atoms with E-state index in [1.807, 2.05) is 41.3 Å². The molecular weight excluding hydrogens is 548 g/mol. The molecule has 0 saturated carbocycles. The number of fused-ring (bicyclic) bond motifs is 5. The van der Waals surface area contributed by atoms with E-state index in [0.29, 0.717) is 21.7 Å². The lowest BCUT2D eigenvalue weighted by Crippen LogP contribution is -2.48. The van der Waals surface area contributed by atoms with E-state index in [1.54, 1.807) is 42.5 Å². The van der Waals surface area contributed by atoms with E-state index in [0.717, 1.165) is 11.3 Å². The van der Waals surface area contributed by atoms with Crippen molar-refractivity contribution in [2.45, 2.75) is 18.0 Å². The van der Waals surface area contributed by atoms with Crippen LogP contribution in [0.4, 0.5) is 10.1 Å². The number of hydrogen-bond acceptors (Lipinski definition) is 4. The fourth-order valence-corrected chi connectivity index (χ4v) is 7.33. The second-order valence-electron chi connectivity index (χ2n) is 10.3. The van der Waals surface area contributed by atoms with Gasteiger partial charge in [-0.05, 0) is 53.6 Å². The van der Waals surface area contributed by atoms with Gasteiger partial charge in [0.25, 0.3) is 0 Å². The molecule has 4 aromatic rings. The van der Waals surface area contributed by atoms with Crippen molar-refractivity contribution in [1.29, 1.82) is 0 Å². The normalized spacial score (nSPS) is 21.9. The molecule has 7 heteroatoms. The number of hydrogen-bond donors (Lipinski definition) is 0. The molecule has 7 rings (SSSR count). The summed E-state index contributed by atoms with van der Waals surface area (Å²) in [5, 5.41) is 0.639. The van der Waals surface area contributed by atoms with E-state index in [2.05, 4.69) is 0 Å². The molecule has 2 heterocycles. The second-order valence-corrected chi connectivity index (χ2v) is 11.1. The number of carbonyl (C=O) groups is 3. The third-order valence-corrected chi connectivity index (χ3v) is 8.97. The summed E-state index contributed by atoms with van der Waals surface area (Å²) in [7, 11) is 0. The molecule has 0 aromatic heterocycles. The highest BCUT2D eigenvalue weighted by Gasteiger charge is 2.71. The number of Topliss-reactive ketones (excluding diaryl/α,β-unsaturated/α-hetero) is 3. The molecule has 1 saturated heterocycles. The van der Waals surface area contributed by atoms with Crippen molar-refractivity contribution in [1.82, 2.24) is 0 Å². The second kappa shape index (κ2) is 8.98. The molecule has 1 aliphatic carbocycles. The van der Waals surface area contributed by atoms with Crippen LogP contribution >= 0.6 is 23.2 Å². The maximum absolute atomic E-state index is 14.6. The first kappa shape index (κ1) is 24.9. The van der Waals surface area contributed by atoms with Gasteiger partial charge in [-0.3, -0.25) is 14.4 Å². The van der Waals surface area contributed by atoms with Gasteiger partial charge in [-0.15, -0.1) is 0 Å². The molecule has 0 N–H and O–H groups in total. The van der Waals surface area contributed by atoms with Crippen LogP contribution in [-0.4, -0.2) is 29.4 Å². The number of benzene rings is 4. The Morgan fingerprint density at radius 1 is 0.825 bits per heavy atom. The quantitative estimate of drug-likeness (QED) is 0.190. The Morgan fingerprint density at radius 3 is 2.15 bits per heavy atom. The summed E-state index contributed by atoms with van der Waals surface area (Å²) in [4.78, 5) is 45.6. The zero-order valence-corrected chi connectivity index (χ0v) is 22.4. The van der Waals surface area contributed by atoms with E-state index >= 15 is 0 Å². The van der Waals surface area contributed by atoms with Gasteiger partial charge in [0.2, 0.25) is 0 Å². The number of para-hydroxylation sites is 1. The maximum Gasteiger partial charge on any atom is 0.185 e. The van der Waals surface area contributed by atoms with Gasteiger partial charge in [0.1, 0.15) is 17.3 Å². The lowest BCUT2D eigenvalue weighted by atomic mass is 9.64. The highest BCUT2D eigenvalue weighted by Crippen LogP contribution is 2.61. The molecule has 4 nitrogen and oxygen atoms in total. The van der Waals surface area contributed by atoms with Crippen LogP contribution in [0, 0.1) is 11.2 Å². The highest BCUT2D eigenvalue weighted by atomic mass is 35.5. The smallest absolute Gasteiger partial charge is 0.185 e. The van der Waals surface area contributed by atoms with Crippen molar-refractivity contribution in [3.63, 3.8) is 0 Å². The summed E-state index contributed by atoms with van der Waals surface area (Å²) in [5.74, 6) is -2.49. The van der Waals surface area contributed by atoms with E-state index in [-0.39, 0.29) is 27.9 Å². The highest BCUT2D eigenvalue weighted by molar-refractivity contribution is 6.36. The summed E-state index contributed by atoms with van der Waals surface area (Å²) in [6, 6.07) is 22.7. The summed E-state index contributed by atoms with van der Waals surface area (Å²) >= 11 is 13.1. The molecule has 3 aliphatic rings. The number of nitrogens with zero attached hydrogens (tertiary/aromatic N) is 1. The molecule has 0 bridgehead atoms. The van der Waals surface area contributed by atoms with E-state index in [4.69, 9.17) is 23.2 Å². The Hall–Kier alpha value is -4.06. The third-order valence-electron chi connectivity index (χ3n) is 8.41. The number of ketones is 3. The van der Waals surface area contributed by atoms with Crippen molar-refractivity contribution in [3.8, 4) is 0 Å². The molecule has 3 atom stereocenters. The minimum atomic E-state index is -1.68. The molecule has 4 aromatic carbocycles. The molecule has 0 radical (unpaired) electrons. The van der Waals surface area contributed by atoms with Crippen LogP contribution in [0.5, 0.6) is 0 Å². The van der Waals surface area contributed by atoms with Crippen molar-refractivity contribution < 1.29 is 18.8 Å². The van der Waals surface area contributed by atoms with Gasteiger partial charge in [-0.1, -0.05) is 83.9 Å². The van der Waals surface area contributed by atoms with Crippen LogP contribution in [0.1, 0.15) is 48.1 Å². The summed E-state index contributed by atoms with van der Waals surface area (Å²) < 4.78 is 13.9. The van der Waals surface area contributed by atoms with Gasteiger partial charge < -0.3 is 4.90 Å². The summed E-state index contributed by atoms with van der Waals surface area (Å²) in [5.41, 5.74) is 1.28. The van der Waals surface area contributed by atoms with E-state index < -0.39 is 29.2 Å². The lowest BCUT2D eigenvalue weighted by molar-refractivity contribution is 0.0666. The fourth-order valence-electron chi connectivity index (χ4n) is 6.80. The van der Waals surface area contributed by atoms with E-state index in [9.17, 15) is 18.8 Å². The van der Waals surface area contributed by atoms with Crippen molar-refractivity contribution >= 4 is 52.3 Å². The molecule has 1 fully saturated rings. The Morgan fingerprint density at radius 2 is 1.48 bits per heavy atom. The summed E-state index contributed by atoms with van der Waals surface area (Å²) in [6.45, 7) is 0. The first-order valence-corrected chi connectivity index (χ1v) is 13.6. The molecule has 2 aliphatic heterocycles. The van der Waals surface area contributed by atoms with Gasteiger partial charge in [-0.25, -0.2) is 4.39 Å². The molecular formula is C33H20Cl2FNO3. The van der Waals surface area contributed by atoms with Crippen molar-refractivity contribution in [2.75, 3.05) is 4.90 Å². The zero-order chi connectivity index (χ0) is 27.8. The van der Waals surface area contributed by atoms with Crippen LogP contribution in [0.3, 0.4) is 0 Å². The van der Waals surface area contributed by atoms with Crippen LogP contribution < -0.4 is 4.90 Å². The number of halogens is 3. The minimum absolute atomic E-state index is 0.252. The van der Waals surface area contributed by atoms with Crippen LogP contribution in [0.25, 0.3) is 6.08 Å². The zero-order valence-electron chi connectivity index (χ0n) is 20.9. The van der Waals surface area contributed by atoms with Crippen molar-refractivity contribution in [3.05, 3.63) is 141 Å². The van der Waals surface area contributed by atoms with Crippen molar-refractivity contribution in [2.24, 2.45) is 5.41 Å². The minimum Gasteiger partial charge on any atom is -0.352 e. The van der Waals surface area contributed by atoms with Gasteiger partial charge in [-0.2, -0.15) is 0 Å². The first-order chi connectivity index (χ1) is 19.3. The molecule has 1 spiro atoms. The molecule has 0 amide bonds. The average molecular weight is 568 g/mol. The Balaban J connectivity index is 1.56. The molecule has 0 unspecified atom stereocenters. The third kappa shape index (κ3) is 3.28. The van der Waals surface area contributed by atoms with Gasteiger partial charge >= 0.3 is 0 Å². The predicted octanol–water partition coefficient (Wildman–Crippen LogP) is 7.45. The first-order valence-electron chi connectivity index (χ1n) is 12.8. The number of anilines is 1. The van der Waals surface area contributed by atoms with E-state index in [1.165, 1.54) is 24.3 Å². The lowest BCUT2D eigenvalue weighted by Gasteiger charge is -2.37. The SMILES string of the molecule is O=C(c1ccc(F)cc1)[C@@H]1[C@@H](c2ccc(Cl)cc2Cl)C2(C(=O)c3ccccc3C2=O)[C@H]2C=Cc3ccccc3N12. The standard InChI is InChI=1S/C33H20Cl2FNO3/c34-20-12-15-24(25(35)17-20)28-29(30(38)19-9-13-21(36)14-10-19)37-26-8-4-1-5-18(26)11-16-27(37)33(28)31(39)22-6-2-3-7-23(22)32(33)40/h1-17,27-29H/t27-,28-,29+/m1/s1. The van der Waals surface area contributed by atoms with Gasteiger partial charge in [0.15, 0.2) is 17.3 Å². The van der Waals surface area contributed by atoms with Crippen LogP contribution in [0.15, 0.2) is 97.1 Å². The maximum atomic E-state index is 14.6. The topological polar surface area (TPSA) is 54.5 Å². The predicted molar refractivity (Wildman–Crippen MR) is 153 cm³/mol. The number of rotatable bonds is 3. The summed E-state index contributed by atoms with van der Waals surface area (Å²) in [6.07, 6.45) is 3.74. The Kier molecular flexibility index (Phi) is 5.60. The van der Waals surface area contributed by atoms with Gasteiger partial charge in [0.05, 0.1) is 6.04 Å². The molecule has 196 valence electrons. The largest absolute Gasteiger partial charge is 0.352 e. The Labute approximate surface area is 239 Å². The van der Waals surface area contributed by atoms with Gasteiger partial charge in [0, 0.05) is 38.3 Å². The Bertz CT molecular complexity index is 1750. The monoisotopic (exact) mass is 567 g/mol. The average Bonchev–Trinajstić information content (AvgIpc) is 3.39. The number of carbonyl (C=O) groups excluding carboxylic acids is 3. The molecule has 40 heavy (non-hydrogen) atoms. The fraction of sp³-hybridized carbons (Fsp3) is 0.121. The van der Waals surface area contributed by atoms with Crippen LogP contribution in [0.2, 0.25) is 10.0 Å².